The fraction of sp³-hybridized carbons (Fsp3) is 0.579. The molecule has 1 saturated heterocycles. The van der Waals surface area contributed by atoms with E-state index in [1.807, 2.05) is 20.8 Å². The van der Waals surface area contributed by atoms with Crippen molar-refractivity contribution in [2.45, 2.75) is 51.8 Å². The van der Waals surface area contributed by atoms with Crippen molar-refractivity contribution < 1.29 is 22.7 Å². The Hall–Kier alpha value is -0.630. The summed E-state index contributed by atoms with van der Waals surface area (Å²) < 4.78 is 31.4. The minimum absolute atomic E-state index is 0.0667. The number of benzene rings is 1. The lowest BCUT2D eigenvalue weighted by atomic mass is 10.1. The van der Waals surface area contributed by atoms with Crippen molar-refractivity contribution in [2.75, 3.05) is 19.6 Å². The predicted octanol–water partition coefficient (Wildman–Crippen LogP) is 3.55. The first-order valence-corrected chi connectivity index (χ1v) is 13.0. The molecule has 174 valence electrons. The van der Waals surface area contributed by atoms with Crippen LogP contribution in [0.4, 0.5) is 4.79 Å². The molecule has 2 rings (SSSR count). The smallest absolute Gasteiger partial charge is 0.410 e. The molecule has 1 aliphatic rings. The second kappa shape index (κ2) is 11.5. The van der Waals surface area contributed by atoms with Crippen LogP contribution < -0.4 is 5.32 Å². The van der Waals surface area contributed by atoms with Gasteiger partial charge in [0.05, 0.1) is 11.6 Å². The van der Waals surface area contributed by atoms with Crippen molar-refractivity contribution in [2.24, 2.45) is 0 Å². The number of carbonyl (C=O) groups excluding carboxylic acids is 2. The van der Waals surface area contributed by atoms with Crippen molar-refractivity contribution in [3.63, 3.8) is 0 Å². The number of likely N-dealkylation sites (tertiary alicyclic amines) is 1. The molecule has 1 aromatic rings. The Kier molecular flexibility index (Phi) is 9.86. The highest BCUT2D eigenvalue weighted by Gasteiger charge is 2.28. The van der Waals surface area contributed by atoms with Crippen LogP contribution in [0, 0.1) is 3.57 Å². The molecule has 1 heterocycles. The summed E-state index contributed by atoms with van der Waals surface area (Å²) in [5, 5.41) is 3.40. The van der Waals surface area contributed by atoms with Crippen molar-refractivity contribution >= 4 is 73.0 Å². The van der Waals surface area contributed by atoms with E-state index in [0.29, 0.717) is 35.4 Å². The van der Waals surface area contributed by atoms with Gasteiger partial charge >= 0.3 is 6.09 Å². The number of piperidine rings is 1. The monoisotopic (exact) mass is 649 g/mol. The number of hydrogen-bond acceptors (Lipinski definition) is 5. The lowest BCUT2D eigenvalue weighted by Crippen LogP contribution is -2.49. The Morgan fingerprint density at radius 2 is 1.94 bits per heavy atom. The number of carbonyl (C=O) groups is 2. The van der Waals surface area contributed by atoms with Crippen molar-refractivity contribution in [1.82, 2.24) is 14.5 Å². The molecule has 0 bridgehead atoms. The molecule has 0 radical (unpaired) electrons. The van der Waals surface area contributed by atoms with E-state index >= 15 is 0 Å². The van der Waals surface area contributed by atoms with Gasteiger partial charge in [0, 0.05) is 33.7 Å². The van der Waals surface area contributed by atoms with Crippen molar-refractivity contribution in [1.29, 1.82) is 0 Å². The first kappa shape index (κ1) is 26.6. The summed E-state index contributed by atoms with van der Waals surface area (Å²) in [7, 11) is -2.95. The Labute approximate surface area is 211 Å². The van der Waals surface area contributed by atoms with Gasteiger partial charge in [0.2, 0.25) is 16.8 Å². The number of nitrogens with zero attached hydrogens (tertiary/aromatic N) is 2. The molecule has 0 spiro atoms. The molecular weight excluding hydrogens is 625 g/mol. The van der Waals surface area contributed by atoms with Gasteiger partial charge < -0.3 is 15.0 Å². The molecule has 0 atom stereocenters. The van der Waals surface area contributed by atoms with Crippen LogP contribution in [-0.2, 0) is 27.0 Å². The van der Waals surface area contributed by atoms with Gasteiger partial charge in [-0.1, -0.05) is 11.6 Å². The van der Waals surface area contributed by atoms with E-state index in [2.05, 4.69) is 43.8 Å². The third-order valence-electron chi connectivity index (χ3n) is 4.51. The normalized spacial score (nSPS) is 15.4. The highest BCUT2D eigenvalue weighted by molar-refractivity contribution is 14.1. The first-order chi connectivity index (χ1) is 14.4. The molecule has 2 amide bonds. The van der Waals surface area contributed by atoms with E-state index in [1.54, 1.807) is 17.0 Å². The summed E-state index contributed by atoms with van der Waals surface area (Å²) in [6.45, 7) is 6.17. The molecule has 0 aliphatic carbocycles. The maximum Gasteiger partial charge on any atom is 0.410 e. The van der Waals surface area contributed by atoms with Crippen LogP contribution in [0.15, 0.2) is 16.6 Å². The average molecular weight is 651 g/mol. The predicted molar refractivity (Wildman–Crippen MR) is 132 cm³/mol. The van der Waals surface area contributed by atoms with Gasteiger partial charge in [-0.25, -0.2) is 13.2 Å². The van der Waals surface area contributed by atoms with Gasteiger partial charge in [-0.05, 0) is 89.8 Å². The van der Waals surface area contributed by atoms with Gasteiger partial charge in [-0.3, -0.25) is 4.79 Å². The summed E-state index contributed by atoms with van der Waals surface area (Å²) in [4.78, 5) is 26.2. The summed E-state index contributed by atoms with van der Waals surface area (Å²) in [6.07, 6.45) is 0.795. The fourth-order valence-corrected chi connectivity index (χ4v) is 4.91. The molecule has 1 N–H and O–H groups in total. The Morgan fingerprint density at radius 3 is 2.48 bits per heavy atom. The van der Waals surface area contributed by atoms with Crippen molar-refractivity contribution in [3.8, 4) is 0 Å². The number of thiol groups is 1. The van der Waals surface area contributed by atoms with E-state index < -0.39 is 16.5 Å². The molecule has 31 heavy (non-hydrogen) atoms. The Balaban J connectivity index is 1.89. The van der Waals surface area contributed by atoms with Gasteiger partial charge in [0.15, 0.2) is 0 Å². The molecule has 1 aliphatic heterocycles. The lowest BCUT2D eigenvalue weighted by Gasteiger charge is -2.33. The molecule has 1 fully saturated rings. The van der Waals surface area contributed by atoms with Crippen molar-refractivity contribution in [3.05, 3.63) is 30.8 Å². The molecule has 12 heteroatoms. The standard InChI is InChI=1S/C19H26BrClIN3O5S/c1-19(2,3)30-18(27)24-6-4-13(5-7-24)23-17(26)11-25(31(28)29)10-12-8-14(20)15(21)9-16(12)22/h8-9,13,31H,4-7,10-11H2,1-3H3,(H,23,26). The second-order valence-corrected chi connectivity index (χ2v) is 11.7. The fourth-order valence-electron chi connectivity index (χ4n) is 3.02. The van der Waals surface area contributed by atoms with Crippen LogP contribution in [0.3, 0.4) is 0 Å². The number of hydrogen-bond donors (Lipinski definition) is 2. The zero-order chi connectivity index (χ0) is 23.3. The number of halogens is 3. The minimum atomic E-state index is -2.95. The third-order valence-corrected chi connectivity index (χ3v) is 7.46. The maximum atomic E-state index is 12.5. The number of rotatable bonds is 6. The largest absolute Gasteiger partial charge is 0.444 e. The SMILES string of the molecule is CC(C)(C)OC(=O)N1CCC(NC(=O)CN(Cc2cc(Br)c(Cl)cc2I)[SH](=O)=O)CC1. The first-order valence-electron chi connectivity index (χ1n) is 9.65. The summed E-state index contributed by atoms with van der Waals surface area (Å²) in [5.41, 5.74) is 0.188. The number of amides is 2. The topological polar surface area (TPSA) is 96.0 Å². The van der Waals surface area contributed by atoms with Crippen LogP contribution in [0.5, 0.6) is 0 Å². The molecule has 0 unspecified atom stereocenters. The van der Waals surface area contributed by atoms with Gasteiger partial charge in [-0.2, -0.15) is 4.31 Å². The molecule has 0 saturated carbocycles. The zero-order valence-electron chi connectivity index (χ0n) is 17.5. The van der Waals surface area contributed by atoms with Crippen LogP contribution >= 0.6 is 50.1 Å². The van der Waals surface area contributed by atoms with Crippen LogP contribution in [-0.4, -0.2) is 60.9 Å². The minimum Gasteiger partial charge on any atom is -0.444 e. The van der Waals surface area contributed by atoms with Gasteiger partial charge in [-0.15, -0.1) is 0 Å². The molecule has 0 aromatic heterocycles. The number of ether oxygens (including phenoxy) is 1. The maximum absolute atomic E-state index is 12.5. The van der Waals surface area contributed by atoms with Crippen LogP contribution in [0.25, 0.3) is 0 Å². The third kappa shape index (κ3) is 8.67. The van der Waals surface area contributed by atoms with E-state index in [1.165, 1.54) is 0 Å². The molecule has 8 nitrogen and oxygen atoms in total. The van der Waals surface area contributed by atoms with E-state index in [0.717, 1.165) is 13.4 Å². The Bertz CT molecular complexity index is 893. The quantitative estimate of drug-likeness (QED) is 0.279. The highest BCUT2D eigenvalue weighted by atomic mass is 127. The van der Waals surface area contributed by atoms with Gasteiger partial charge in [0.1, 0.15) is 5.60 Å². The second-order valence-electron chi connectivity index (χ2n) is 8.23. The average Bonchev–Trinajstić information content (AvgIpc) is 2.64. The lowest BCUT2D eigenvalue weighted by molar-refractivity contribution is -0.122. The van der Waals surface area contributed by atoms with E-state index in [-0.39, 0.29) is 31.1 Å². The highest BCUT2D eigenvalue weighted by Crippen LogP contribution is 2.28. The van der Waals surface area contributed by atoms with Crippen LogP contribution in [0.1, 0.15) is 39.2 Å². The summed E-state index contributed by atoms with van der Waals surface area (Å²) in [6, 6.07) is 3.36. The van der Waals surface area contributed by atoms with Crippen LogP contribution in [0.2, 0.25) is 5.02 Å². The summed E-state index contributed by atoms with van der Waals surface area (Å²) in [5.74, 6) is -0.377. The number of nitrogens with one attached hydrogen (secondary N) is 1. The Morgan fingerprint density at radius 1 is 1.32 bits per heavy atom. The van der Waals surface area contributed by atoms with Gasteiger partial charge in [0.25, 0.3) is 0 Å². The zero-order valence-corrected chi connectivity index (χ0v) is 22.9. The van der Waals surface area contributed by atoms with E-state index in [4.69, 9.17) is 16.3 Å². The molecular formula is C19H26BrClIN3O5S. The summed E-state index contributed by atoms with van der Waals surface area (Å²) >= 11 is 11.5. The molecule has 1 aromatic carbocycles. The van der Waals surface area contributed by atoms with E-state index in [9.17, 15) is 18.0 Å².